The highest BCUT2D eigenvalue weighted by Crippen LogP contribution is 2.26. The van der Waals surface area contributed by atoms with Crippen molar-refractivity contribution < 1.29 is 9.53 Å². The van der Waals surface area contributed by atoms with E-state index in [1.807, 2.05) is 24.3 Å². The van der Waals surface area contributed by atoms with Crippen LogP contribution >= 0.6 is 12.2 Å². The van der Waals surface area contributed by atoms with Crippen molar-refractivity contribution in [3.63, 3.8) is 0 Å². The predicted molar refractivity (Wildman–Crippen MR) is 117 cm³/mol. The van der Waals surface area contributed by atoms with Crippen molar-refractivity contribution in [3.05, 3.63) is 59.7 Å². The molecule has 0 radical (unpaired) electrons. The van der Waals surface area contributed by atoms with E-state index in [2.05, 4.69) is 27.7 Å². The largest absolute Gasteiger partial charge is 0.497 e. The number of hydrogen-bond acceptors (Lipinski definition) is 4. The van der Waals surface area contributed by atoms with Gasteiger partial charge in [-0.15, -0.1) is 0 Å². The van der Waals surface area contributed by atoms with Gasteiger partial charge in [-0.05, 0) is 87.0 Å². The number of rotatable bonds is 7. The highest BCUT2D eigenvalue weighted by Gasteiger charge is 2.23. The number of nitrogens with zero attached hydrogens (tertiary/aromatic N) is 1. The third-order valence-corrected chi connectivity index (χ3v) is 5.33. The van der Waals surface area contributed by atoms with Crippen molar-refractivity contribution in [3.8, 4) is 5.75 Å². The van der Waals surface area contributed by atoms with E-state index < -0.39 is 0 Å². The topological polar surface area (TPSA) is 53.6 Å². The SMILES string of the molecule is COc1ccc([C@@H](CNC(=S)Nc2ccc(C(C)=O)cc2)N2CCCC2)cc1. The van der Waals surface area contributed by atoms with Crippen molar-refractivity contribution in [1.29, 1.82) is 0 Å². The molecular weight excluding hydrogens is 370 g/mol. The number of nitrogens with one attached hydrogen (secondary N) is 2. The number of ketones is 1. The summed E-state index contributed by atoms with van der Waals surface area (Å²) >= 11 is 5.48. The fourth-order valence-electron chi connectivity index (χ4n) is 3.49. The molecule has 0 saturated carbocycles. The predicted octanol–water partition coefficient (Wildman–Crippen LogP) is 4.02. The van der Waals surface area contributed by atoms with Gasteiger partial charge in [0.15, 0.2) is 10.9 Å². The quantitative estimate of drug-likeness (QED) is 0.544. The zero-order valence-corrected chi connectivity index (χ0v) is 17.2. The highest BCUT2D eigenvalue weighted by molar-refractivity contribution is 7.80. The van der Waals surface area contributed by atoms with E-state index >= 15 is 0 Å². The minimum atomic E-state index is 0.0557. The molecule has 0 unspecified atom stereocenters. The van der Waals surface area contributed by atoms with Crippen LogP contribution in [-0.2, 0) is 0 Å². The van der Waals surface area contributed by atoms with Crippen LogP contribution < -0.4 is 15.4 Å². The summed E-state index contributed by atoms with van der Waals surface area (Å²) in [5.41, 5.74) is 2.81. The third-order valence-electron chi connectivity index (χ3n) is 5.09. The molecule has 148 valence electrons. The number of thiocarbonyl (C=S) groups is 1. The number of carbonyl (C=O) groups excluding carboxylic acids is 1. The van der Waals surface area contributed by atoms with Crippen LogP contribution in [0, 0.1) is 0 Å². The van der Waals surface area contributed by atoms with Crippen molar-refractivity contribution in [2.24, 2.45) is 0 Å². The van der Waals surface area contributed by atoms with Gasteiger partial charge < -0.3 is 15.4 Å². The van der Waals surface area contributed by atoms with Crippen LogP contribution in [0.4, 0.5) is 5.69 Å². The zero-order chi connectivity index (χ0) is 19.9. The number of methoxy groups -OCH3 is 1. The van der Waals surface area contributed by atoms with Gasteiger partial charge >= 0.3 is 0 Å². The maximum atomic E-state index is 11.4. The highest BCUT2D eigenvalue weighted by atomic mass is 32.1. The number of carbonyl (C=O) groups is 1. The Morgan fingerprint density at radius 2 is 1.75 bits per heavy atom. The molecule has 1 fully saturated rings. The van der Waals surface area contributed by atoms with Crippen molar-refractivity contribution >= 4 is 28.8 Å². The average molecular weight is 398 g/mol. The van der Waals surface area contributed by atoms with E-state index in [4.69, 9.17) is 17.0 Å². The first-order valence-electron chi connectivity index (χ1n) is 9.60. The second kappa shape index (κ2) is 9.66. The Morgan fingerprint density at radius 1 is 1.11 bits per heavy atom. The molecule has 2 aromatic rings. The first-order chi connectivity index (χ1) is 13.6. The first-order valence-corrected chi connectivity index (χ1v) is 10.0. The molecule has 0 aromatic heterocycles. The van der Waals surface area contributed by atoms with Gasteiger partial charge in [-0.1, -0.05) is 12.1 Å². The van der Waals surface area contributed by atoms with Crippen molar-refractivity contribution in [1.82, 2.24) is 10.2 Å². The van der Waals surface area contributed by atoms with Gasteiger partial charge in [0.1, 0.15) is 5.75 Å². The van der Waals surface area contributed by atoms with Gasteiger partial charge in [0, 0.05) is 17.8 Å². The van der Waals surface area contributed by atoms with E-state index in [1.165, 1.54) is 18.4 Å². The van der Waals surface area contributed by atoms with E-state index in [0.717, 1.165) is 31.1 Å². The Bertz CT molecular complexity index is 800. The second-order valence-electron chi connectivity index (χ2n) is 7.00. The number of Topliss-reactive ketones (excluding diaryl/α,β-unsaturated/α-hetero) is 1. The lowest BCUT2D eigenvalue weighted by Gasteiger charge is -2.29. The van der Waals surface area contributed by atoms with Crippen LogP contribution in [0.5, 0.6) is 5.75 Å². The Labute approximate surface area is 172 Å². The fraction of sp³-hybridized carbons (Fsp3) is 0.364. The average Bonchev–Trinajstić information content (AvgIpc) is 3.23. The molecule has 2 aromatic carbocycles. The summed E-state index contributed by atoms with van der Waals surface area (Å²) in [6, 6.07) is 15.9. The van der Waals surface area contributed by atoms with Gasteiger partial charge in [-0.25, -0.2) is 0 Å². The number of benzene rings is 2. The maximum absolute atomic E-state index is 11.4. The van der Waals surface area contributed by atoms with Crippen LogP contribution in [0.15, 0.2) is 48.5 Å². The number of anilines is 1. The molecule has 0 spiro atoms. The second-order valence-corrected chi connectivity index (χ2v) is 7.41. The molecule has 0 bridgehead atoms. The summed E-state index contributed by atoms with van der Waals surface area (Å²) in [6.07, 6.45) is 2.47. The molecule has 1 saturated heterocycles. The summed E-state index contributed by atoms with van der Waals surface area (Å²) in [4.78, 5) is 13.9. The fourth-order valence-corrected chi connectivity index (χ4v) is 3.69. The molecule has 2 N–H and O–H groups in total. The van der Waals surface area contributed by atoms with E-state index in [-0.39, 0.29) is 11.8 Å². The minimum absolute atomic E-state index is 0.0557. The maximum Gasteiger partial charge on any atom is 0.170 e. The molecule has 1 aliphatic rings. The van der Waals surface area contributed by atoms with Gasteiger partial charge in [0.05, 0.1) is 13.2 Å². The molecule has 3 rings (SSSR count). The van der Waals surface area contributed by atoms with E-state index in [9.17, 15) is 4.79 Å². The molecule has 0 aliphatic carbocycles. The Balaban J connectivity index is 1.62. The summed E-state index contributed by atoms with van der Waals surface area (Å²) in [5.74, 6) is 0.920. The number of hydrogen-bond donors (Lipinski definition) is 2. The lowest BCUT2D eigenvalue weighted by Crippen LogP contribution is -2.38. The summed E-state index contributed by atoms with van der Waals surface area (Å²) in [7, 11) is 1.68. The van der Waals surface area contributed by atoms with Crippen molar-refractivity contribution in [2.45, 2.75) is 25.8 Å². The molecule has 1 heterocycles. The van der Waals surface area contributed by atoms with Gasteiger partial charge in [0.25, 0.3) is 0 Å². The molecule has 6 heteroatoms. The lowest BCUT2D eigenvalue weighted by atomic mass is 10.1. The molecule has 5 nitrogen and oxygen atoms in total. The normalized spacial score (nSPS) is 15.1. The molecule has 1 aliphatic heterocycles. The van der Waals surface area contributed by atoms with E-state index in [0.29, 0.717) is 10.7 Å². The van der Waals surface area contributed by atoms with Crippen LogP contribution in [-0.4, -0.2) is 42.5 Å². The Hall–Kier alpha value is -2.44. The Morgan fingerprint density at radius 3 is 2.32 bits per heavy atom. The summed E-state index contributed by atoms with van der Waals surface area (Å²) in [6.45, 7) is 4.49. The minimum Gasteiger partial charge on any atom is -0.497 e. The lowest BCUT2D eigenvalue weighted by molar-refractivity contribution is 0.101. The first kappa shape index (κ1) is 20.3. The monoisotopic (exact) mass is 397 g/mol. The smallest absolute Gasteiger partial charge is 0.170 e. The number of likely N-dealkylation sites (tertiary alicyclic amines) is 1. The van der Waals surface area contributed by atoms with Gasteiger partial charge in [0.2, 0.25) is 0 Å². The molecule has 28 heavy (non-hydrogen) atoms. The van der Waals surface area contributed by atoms with Gasteiger partial charge in [-0.3, -0.25) is 9.69 Å². The van der Waals surface area contributed by atoms with Crippen LogP contribution in [0.25, 0.3) is 0 Å². The molecule has 0 amide bonds. The van der Waals surface area contributed by atoms with Crippen LogP contribution in [0.3, 0.4) is 0 Å². The Kier molecular flexibility index (Phi) is 7.01. The number of ether oxygens (including phenoxy) is 1. The molecule has 1 atom stereocenters. The van der Waals surface area contributed by atoms with Crippen LogP contribution in [0.1, 0.15) is 41.7 Å². The van der Waals surface area contributed by atoms with Crippen molar-refractivity contribution in [2.75, 3.05) is 32.1 Å². The third kappa shape index (κ3) is 5.30. The summed E-state index contributed by atoms with van der Waals surface area (Å²) < 4.78 is 5.28. The molecular formula is C22H27N3O2S. The van der Waals surface area contributed by atoms with E-state index in [1.54, 1.807) is 26.2 Å². The summed E-state index contributed by atoms with van der Waals surface area (Å²) in [5, 5.41) is 7.12. The van der Waals surface area contributed by atoms with Gasteiger partial charge in [-0.2, -0.15) is 0 Å². The zero-order valence-electron chi connectivity index (χ0n) is 16.4. The standard InChI is InChI=1S/C22H27N3O2S/c1-16(26)17-5-9-19(10-6-17)24-22(28)23-15-21(25-13-3-4-14-25)18-7-11-20(27-2)12-8-18/h5-12,21H,3-4,13-15H2,1-2H3,(H2,23,24,28)/t21-/m1/s1. The van der Waals surface area contributed by atoms with Crippen LogP contribution in [0.2, 0.25) is 0 Å².